The molecule has 2 rings (SSSR count). The van der Waals surface area contributed by atoms with E-state index in [4.69, 9.17) is 29.6 Å². The largest absolute Gasteiger partial charge is 0.389 e. The second kappa shape index (κ2) is 4.19. The van der Waals surface area contributed by atoms with Crippen LogP contribution in [0.25, 0.3) is 5.69 Å². The molecule has 1 aromatic carbocycles. The monoisotopic (exact) mass is 255 g/mol. The van der Waals surface area contributed by atoms with Gasteiger partial charge in [-0.2, -0.15) is 5.10 Å². The van der Waals surface area contributed by atoms with Gasteiger partial charge in [-0.15, -0.1) is 0 Å². The topological polar surface area (TPSA) is 43.8 Å². The average molecular weight is 256 g/mol. The average Bonchev–Trinajstić information content (AvgIpc) is 2.64. The molecule has 0 saturated carbocycles. The van der Waals surface area contributed by atoms with E-state index in [1.807, 2.05) is 0 Å². The molecule has 0 radical (unpaired) electrons. The van der Waals surface area contributed by atoms with E-state index in [0.29, 0.717) is 16.3 Å². The van der Waals surface area contributed by atoms with Gasteiger partial charge in [0, 0.05) is 11.8 Å². The number of rotatable bonds is 2. The maximum Gasteiger partial charge on any atom is 0.124 e. The molecule has 0 amide bonds. The molecule has 0 spiro atoms. The number of hydrogen-bond donors (Lipinski definition) is 1. The van der Waals surface area contributed by atoms with Crippen molar-refractivity contribution in [2.45, 2.75) is 0 Å². The lowest BCUT2D eigenvalue weighted by Gasteiger charge is -2.07. The number of benzene rings is 1. The summed E-state index contributed by atoms with van der Waals surface area (Å²) in [6, 6.07) is 4.13. The lowest BCUT2D eigenvalue weighted by Crippen LogP contribution is -2.14. The molecular formula is C10H7ClFN3S. The van der Waals surface area contributed by atoms with Gasteiger partial charge in [0.05, 0.1) is 16.9 Å². The Labute approximate surface area is 102 Å². The molecule has 1 heterocycles. The Bertz CT molecular complexity index is 553. The molecule has 0 aliphatic carbocycles. The first-order valence-electron chi connectivity index (χ1n) is 4.38. The molecule has 0 atom stereocenters. The fraction of sp³-hybridized carbons (Fsp3) is 0. The standard InChI is InChI=1S/C10H7ClFN3S/c11-6-4-14-15(5-6)9-2-1-7(12)3-8(9)10(13)16/h1-5H,(H2,13,16). The zero-order valence-corrected chi connectivity index (χ0v) is 9.60. The van der Waals surface area contributed by atoms with E-state index in [1.165, 1.54) is 23.0 Å². The second-order valence-corrected chi connectivity index (χ2v) is 4.01. The van der Waals surface area contributed by atoms with Gasteiger partial charge in [0.15, 0.2) is 0 Å². The smallest absolute Gasteiger partial charge is 0.124 e. The minimum atomic E-state index is -0.398. The summed E-state index contributed by atoms with van der Waals surface area (Å²) in [5.41, 5.74) is 6.54. The molecule has 0 aliphatic heterocycles. The minimum Gasteiger partial charge on any atom is -0.389 e. The molecule has 6 heteroatoms. The predicted octanol–water partition coefficient (Wildman–Crippen LogP) is 2.30. The number of halogens is 2. The SMILES string of the molecule is NC(=S)c1cc(F)ccc1-n1cc(Cl)cn1. The molecule has 0 fully saturated rings. The van der Waals surface area contributed by atoms with Gasteiger partial charge in [-0.1, -0.05) is 23.8 Å². The molecule has 0 bridgehead atoms. The summed E-state index contributed by atoms with van der Waals surface area (Å²) in [4.78, 5) is 0.112. The maximum absolute atomic E-state index is 13.1. The van der Waals surface area contributed by atoms with Crippen LogP contribution in [0.2, 0.25) is 5.02 Å². The molecule has 16 heavy (non-hydrogen) atoms. The Hall–Kier alpha value is -1.46. The van der Waals surface area contributed by atoms with Gasteiger partial charge in [-0.05, 0) is 18.2 Å². The number of aromatic nitrogens is 2. The molecular weight excluding hydrogens is 249 g/mol. The highest BCUT2D eigenvalue weighted by Gasteiger charge is 2.09. The molecule has 3 nitrogen and oxygen atoms in total. The van der Waals surface area contributed by atoms with E-state index in [1.54, 1.807) is 12.3 Å². The van der Waals surface area contributed by atoms with Crippen LogP contribution >= 0.6 is 23.8 Å². The fourth-order valence-electron chi connectivity index (χ4n) is 1.34. The van der Waals surface area contributed by atoms with E-state index >= 15 is 0 Å². The van der Waals surface area contributed by atoms with Crippen molar-refractivity contribution in [3.8, 4) is 5.69 Å². The summed E-state index contributed by atoms with van der Waals surface area (Å²) in [6.45, 7) is 0. The van der Waals surface area contributed by atoms with Crippen LogP contribution in [0.4, 0.5) is 4.39 Å². The Kier molecular flexibility index (Phi) is 2.89. The third-order valence-corrected chi connectivity index (χ3v) is 2.44. The molecule has 82 valence electrons. The van der Waals surface area contributed by atoms with Crippen molar-refractivity contribution in [1.82, 2.24) is 9.78 Å². The first-order chi connectivity index (χ1) is 7.58. The zero-order chi connectivity index (χ0) is 11.7. The van der Waals surface area contributed by atoms with Crippen molar-refractivity contribution in [1.29, 1.82) is 0 Å². The lowest BCUT2D eigenvalue weighted by atomic mass is 10.1. The summed E-state index contributed by atoms with van der Waals surface area (Å²) < 4.78 is 14.6. The van der Waals surface area contributed by atoms with E-state index in [0.717, 1.165) is 0 Å². The zero-order valence-electron chi connectivity index (χ0n) is 8.02. The Morgan fingerprint density at radius 1 is 1.50 bits per heavy atom. The predicted molar refractivity (Wildman–Crippen MR) is 64.4 cm³/mol. The summed E-state index contributed by atoms with van der Waals surface area (Å²) in [7, 11) is 0. The van der Waals surface area contributed by atoms with Crippen molar-refractivity contribution in [3.05, 3.63) is 47.0 Å². The van der Waals surface area contributed by atoms with E-state index in [-0.39, 0.29) is 4.99 Å². The van der Waals surface area contributed by atoms with Crippen LogP contribution in [0, 0.1) is 5.82 Å². The number of nitrogens with zero attached hydrogens (tertiary/aromatic N) is 2. The van der Waals surface area contributed by atoms with E-state index < -0.39 is 5.82 Å². The maximum atomic E-state index is 13.1. The van der Waals surface area contributed by atoms with Crippen LogP contribution in [0.3, 0.4) is 0 Å². The van der Waals surface area contributed by atoms with Crippen LogP contribution in [0.5, 0.6) is 0 Å². The first-order valence-corrected chi connectivity index (χ1v) is 5.16. The van der Waals surface area contributed by atoms with Crippen molar-refractivity contribution >= 4 is 28.8 Å². The van der Waals surface area contributed by atoms with Crippen LogP contribution < -0.4 is 5.73 Å². The molecule has 1 aromatic heterocycles. The lowest BCUT2D eigenvalue weighted by molar-refractivity contribution is 0.626. The van der Waals surface area contributed by atoms with Gasteiger partial charge in [0.1, 0.15) is 10.8 Å². The van der Waals surface area contributed by atoms with Gasteiger partial charge < -0.3 is 5.73 Å². The van der Waals surface area contributed by atoms with Gasteiger partial charge in [0.25, 0.3) is 0 Å². The van der Waals surface area contributed by atoms with Crippen molar-refractivity contribution in [2.24, 2.45) is 5.73 Å². The molecule has 0 aliphatic rings. The number of nitrogens with two attached hydrogens (primary N) is 1. The Balaban J connectivity index is 2.60. The first kappa shape index (κ1) is 11.0. The van der Waals surface area contributed by atoms with Crippen molar-refractivity contribution < 1.29 is 4.39 Å². The fourth-order valence-corrected chi connectivity index (χ4v) is 1.64. The van der Waals surface area contributed by atoms with E-state index in [2.05, 4.69) is 5.10 Å². The summed E-state index contributed by atoms with van der Waals surface area (Å²) in [5, 5.41) is 4.49. The van der Waals surface area contributed by atoms with Gasteiger partial charge in [-0.3, -0.25) is 0 Å². The van der Waals surface area contributed by atoms with Crippen LogP contribution in [0.1, 0.15) is 5.56 Å². The third kappa shape index (κ3) is 2.05. The number of hydrogen-bond acceptors (Lipinski definition) is 2. The van der Waals surface area contributed by atoms with Crippen LogP contribution in [-0.4, -0.2) is 14.8 Å². The summed E-state index contributed by atoms with van der Waals surface area (Å²) >= 11 is 10.6. The minimum absolute atomic E-state index is 0.112. The molecule has 2 aromatic rings. The van der Waals surface area contributed by atoms with Gasteiger partial charge >= 0.3 is 0 Å². The molecule has 2 N–H and O–H groups in total. The van der Waals surface area contributed by atoms with Gasteiger partial charge in [-0.25, -0.2) is 9.07 Å². The number of thiocarbonyl (C=S) groups is 1. The Morgan fingerprint density at radius 3 is 2.81 bits per heavy atom. The van der Waals surface area contributed by atoms with Gasteiger partial charge in [0.2, 0.25) is 0 Å². The van der Waals surface area contributed by atoms with E-state index in [9.17, 15) is 4.39 Å². The summed E-state index contributed by atoms with van der Waals surface area (Å²) in [5.74, 6) is -0.398. The summed E-state index contributed by atoms with van der Waals surface area (Å²) in [6.07, 6.45) is 3.07. The van der Waals surface area contributed by atoms with Crippen LogP contribution in [-0.2, 0) is 0 Å². The Morgan fingerprint density at radius 2 is 2.25 bits per heavy atom. The second-order valence-electron chi connectivity index (χ2n) is 3.13. The highest BCUT2D eigenvalue weighted by atomic mass is 35.5. The third-order valence-electron chi connectivity index (χ3n) is 2.02. The van der Waals surface area contributed by atoms with Crippen molar-refractivity contribution in [3.63, 3.8) is 0 Å². The molecule has 0 saturated heterocycles. The highest BCUT2D eigenvalue weighted by molar-refractivity contribution is 7.80. The normalized spacial score (nSPS) is 10.4. The van der Waals surface area contributed by atoms with Crippen LogP contribution in [0.15, 0.2) is 30.6 Å². The quantitative estimate of drug-likeness (QED) is 0.838. The molecule has 0 unspecified atom stereocenters. The highest BCUT2D eigenvalue weighted by Crippen LogP contribution is 2.17. The van der Waals surface area contributed by atoms with Crippen molar-refractivity contribution in [2.75, 3.05) is 0 Å².